The molecule has 1 unspecified atom stereocenters. The number of morpholine rings is 1. The number of rotatable bonds is 5. The maximum Gasteiger partial charge on any atom is 0.248 e. The summed E-state index contributed by atoms with van der Waals surface area (Å²) in [5, 5.41) is 1.20. The van der Waals surface area contributed by atoms with Crippen molar-refractivity contribution in [3.05, 3.63) is 95.9 Å². The molecule has 3 heterocycles. The molecule has 6 nitrogen and oxygen atoms in total. The molecule has 1 fully saturated rings. The monoisotopic (exact) mass is 424 g/mol. The predicted molar refractivity (Wildman–Crippen MR) is 124 cm³/mol. The Morgan fingerprint density at radius 2 is 1.84 bits per heavy atom. The molecule has 1 amide bonds. The highest BCUT2D eigenvalue weighted by Gasteiger charge is 2.23. The smallest absolute Gasteiger partial charge is 0.248 e. The lowest BCUT2D eigenvalue weighted by Crippen LogP contribution is -2.38. The number of pyridine rings is 2. The van der Waals surface area contributed by atoms with E-state index in [0.717, 1.165) is 42.0 Å². The van der Waals surface area contributed by atoms with E-state index in [1.54, 1.807) is 12.1 Å². The van der Waals surface area contributed by atoms with Crippen molar-refractivity contribution in [3.63, 3.8) is 0 Å². The van der Waals surface area contributed by atoms with Crippen LogP contribution in [-0.4, -0.2) is 40.5 Å². The highest BCUT2D eigenvalue weighted by molar-refractivity contribution is 5.93. The van der Waals surface area contributed by atoms with Crippen molar-refractivity contribution in [3.8, 4) is 11.1 Å². The summed E-state index contributed by atoms with van der Waals surface area (Å²) in [6.07, 6.45) is 3.62. The van der Waals surface area contributed by atoms with Gasteiger partial charge in [0, 0.05) is 48.5 Å². The van der Waals surface area contributed by atoms with E-state index in [4.69, 9.17) is 10.5 Å². The second-order valence-corrected chi connectivity index (χ2v) is 8.00. The Kier molecular flexibility index (Phi) is 5.62. The molecule has 5 rings (SSSR count). The van der Waals surface area contributed by atoms with Crippen LogP contribution < -0.4 is 5.73 Å². The number of carbonyl (C=O) groups is 1. The number of hydrogen-bond donors (Lipinski definition) is 1. The molecule has 2 N–H and O–H groups in total. The van der Waals surface area contributed by atoms with Gasteiger partial charge < -0.3 is 10.5 Å². The van der Waals surface area contributed by atoms with E-state index >= 15 is 0 Å². The fourth-order valence-corrected chi connectivity index (χ4v) is 4.16. The topological polar surface area (TPSA) is 81.3 Å². The van der Waals surface area contributed by atoms with Gasteiger partial charge in [-0.15, -0.1) is 0 Å². The van der Waals surface area contributed by atoms with Crippen molar-refractivity contribution in [2.24, 2.45) is 5.73 Å². The zero-order chi connectivity index (χ0) is 21.9. The molecule has 0 saturated carbocycles. The second-order valence-electron chi connectivity index (χ2n) is 8.00. The van der Waals surface area contributed by atoms with Crippen LogP contribution in [0.15, 0.2) is 79.1 Å². The molecule has 2 aromatic heterocycles. The Balaban J connectivity index is 1.29. The number of amides is 1. The Labute approximate surface area is 186 Å². The molecule has 6 heteroatoms. The van der Waals surface area contributed by atoms with E-state index in [2.05, 4.69) is 33.1 Å². The van der Waals surface area contributed by atoms with Crippen molar-refractivity contribution in [2.75, 3.05) is 19.7 Å². The number of benzene rings is 2. The molecular formula is C26H24N4O2. The van der Waals surface area contributed by atoms with Crippen LogP contribution in [0.2, 0.25) is 0 Å². The summed E-state index contributed by atoms with van der Waals surface area (Å²) in [4.78, 5) is 22.8. The molecule has 4 aromatic rings. The van der Waals surface area contributed by atoms with E-state index < -0.39 is 5.91 Å². The first-order valence-electron chi connectivity index (χ1n) is 10.7. The molecule has 2 aromatic carbocycles. The highest BCUT2D eigenvalue weighted by atomic mass is 16.5. The highest BCUT2D eigenvalue weighted by Crippen LogP contribution is 2.26. The van der Waals surface area contributed by atoms with Crippen LogP contribution in [0.4, 0.5) is 0 Å². The first kappa shape index (κ1) is 20.3. The molecule has 160 valence electrons. The van der Waals surface area contributed by atoms with Gasteiger partial charge in [0.25, 0.3) is 0 Å². The van der Waals surface area contributed by atoms with E-state index in [1.165, 1.54) is 10.9 Å². The van der Waals surface area contributed by atoms with Gasteiger partial charge >= 0.3 is 0 Å². The maximum absolute atomic E-state index is 11.3. The van der Waals surface area contributed by atoms with Crippen molar-refractivity contribution in [1.29, 1.82) is 0 Å². The molecule has 1 aliphatic heterocycles. The van der Waals surface area contributed by atoms with Gasteiger partial charge in [-0.1, -0.05) is 36.4 Å². The van der Waals surface area contributed by atoms with E-state index in [0.29, 0.717) is 12.2 Å². The minimum absolute atomic E-state index is 0.0665. The van der Waals surface area contributed by atoms with Crippen molar-refractivity contribution >= 4 is 16.8 Å². The van der Waals surface area contributed by atoms with Gasteiger partial charge in [-0.05, 0) is 41.5 Å². The number of ether oxygens (including phenoxy) is 1. The standard InChI is InChI=1S/C26H24N4O2/c27-26(31)19-8-6-18(7-9-19)20-10-11-24(29-15-20)25-17-30(13-14-32-25)16-21-3-1-5-23-22(21)4-2-12-28-23/h1-12,15,25H,13-14,16-17H2,(H2,27,31). The number of nitrogens with two attached hydrogens (primary N) is 1. The third kappa shape index (κ3) is 4.23. The molecule has 0 aliphatic carbocycles. The van der Waals surface area contributed by atoms with Gasteiger partial charge in [-0.3, -0.25) is 19.7 Å². The van der Waals surface area contributed by atoms with Crippen LogP contribution in [0.1, 0.15) is 27.7 Å². The lowest BCUT2D eigenvalue weighted by atomic mass is 10.0. The third-order valence-electron chi connectivity index (χ3n) is 5.90. The molecule has 1 aliphatic rings. The Bertz CT molecular complexity index is 1230. The zero-order valence-electron chi connectivity index (χ0n) is 17.6. The quantitative estimate of drug-likeness (QED) is 0.524. The van der Waals surface area contributed by atoms with Crippen LogP contribution in [-0.2, 0) is 11.3 Å². The van der Waals surface area contributed by atoms with E-state index in [9.17, 15) is 4.79 Å². The van der Waals surface area contributed by atoms with Gasteiger partial charge in [-0.2, -0.15) is 0 Å². The van der Waals surface area contributed by atoms with Gasteiger partial charge in [-0.25, -0.2) is 0 Å². The van der Waals surface area contributed by atoms with Crippen molar-refractivity contribution in [1.82, 2.24) is 14.9 Å². The van der Waals surface area contributed by atoms with Crippen LogP contribution >= 0.6 is 0 Å². The first-order valence-corrected chi connectivity index (χ1v) is 10.7. The maximum atomic E-state index is 11.3. The average molecular weight is 425 g/mol. The zero-order valence-corrected chi connectivity index (χ0v) is 17.6. The number of hydrogen-bond acceptors (Lipinski definition) is 5. The largest absolute Gasteiger partial charge is 0.369 e. The van der Waals surface area contributed by atoms with Crippen LogP contribution in [0.3, 0.4) is 0 Å². The van der Waals surface area contributed by atoms with Crippen LogP contribution in [0, 0.1) is 0 Å². The Morgan fingerprint density at radius 3 is 2.62 bits per heavy atom. The van der Waals surface area contributed by atoms with Crippen LogP contribution in [0.5, 0.6) is 0 Å². The molecule has 0 spiro atoms. The van der Waals surface area contributed by atoms with E-state index in [-0.39, 0.29) is 6.10 Å². The summed E-state index contributed by atoms with van der Waals surface area (Å²) in [7, 11) is 0. The van der Waals surface area contributed by atoms with Gasteiger partial charge in [0.15, 0.2) is 0 Å². The number of nitrogens with zero attached hydrogens (tertiary/aromatic N) is 3. The molecule has 1 atom stereocenters. The number of primary amides is 1. The lowest BCUT2D eigenvalue weighted by Gasteiger charge is -2.33. The Hall–Kier alpha value is -3.61. The normalized spacial score (nSPS) is 16.8. The predicted octanol–water partition coefficient (Wildman–Crippen LogP) is 3.97. The summed E-state index contributed by atoms with van der Waals surface area (Å²) >= 11 is 0. The molecule has 32 heavy (non-hydrogen) atoms. The van der Waals surface area contributed by atoms with Crippen molar-refractivity contribution in [2.45, 2.75) is 12.6 Å². The first-order chi connectivity index (χ1) is 15.7. The van der Waals surface area contributed by atoms with Crippen LogP contribution in [0.25, 0.3) is 22.0 Å². The molecule has 1 saturated heterocycles. The average Bonchev–Trinajstić information content (AvgIpc) is 2.85. The minimum atomic E-state index is -0.427. The minimum Gasteiger partial charge on any atom is -0.369 e. The second kappa shape index (κ2) is 8.86. The fourth-order valence-electron chi connectivity index (χ4n) is 4.16. The number of carbonyl (C=O) groups excluding carboxylic acids is 1. The van der Waals surface area contributed by atoms with Crippen molar-refractivity contribution < 1.29 is 9.53 Å². The van der Waals surface area contributed by atoms with E-state index in [1.807, 2.05) is 48.8 Å². The lowest BCUT2D eigenvalue weighted by molar-refractivity contribution is -0.0348. The summed E-state index contributed by atoms with van der Waals surface area (Å²) in [5.74, 6) is -0.427. The Morgan fingerprint density at radius 1 is 1.00 bits per heavy atom. The summed E-state index contributed by atoms with van der Waals surface area (Å²) in [6, 6.07) is 21.7. The van der Waals surface area contributed by atoms with Gasteiger partial charge in [0.05, 0.1) is 17.8 Å². The fraction of sp³-hybridized carbons (Fsp3) is 0.192. The SMILES string of the molecule is NC(=O)c1ccc(-c2ccc(C3CN(Cc4cccc5ncccc45)CCO3)nc2)cc1. The molecular weight excluding hydrogens is 400 g/mol. The number of aromatic nitrogens is 2. The third-order valence-corrected chi connectivity index (χ3v) is 5.90. The molecule has 0 bridgehead atoms. The summed E-state index contributed by atoms with van der Waals surface area (Å²) in [6.45, 7) is 3.20. The summed E-state index contributed by atoms with van der Waals surface area (Å²) < 4.78 is 6.04. The molecule has 0 radical (unpaired) electrons. The van der Waals surface area contributed by atoms with Gasteiger partial charge in [0.2, 0.25) is 5.91 Å². The number of fused-ring (bicyclic) bond motifs is 1. The van der Waals surface area contributed by atoms with Gasteiger partial charge in [0.1, 0.15) is 6.10 Å². The summed E-state index contributed by atoms with van der Waals surface area (Å²) in [5.41, 5.74) is 11.0.